The first kappa shape index (κ1) is 39.3. The lowest BCUT2D eigenvalue weighted by Crippen LogP contribution is -2.56. The molecule has 4 heterocycles. The Bertz CT molecular complexity index is 1620. The van der Waals surface area contributed by atoms with Gasteiger partial charge < -0.3 is 39.5 Å². The number of hydrogen-bond donors (Lipinski definition) is 2. The summed E-state index contributed by atoms with van der Waals surface area (Å²) < 4.78 is 11.4. The lowest BCUT2D eigenvalue weighted by atomic mass is 10.00. The Morgan fingerprint density at radius 1 is 0.833 bits per heavy atom. The van der Waals surface area contributed by atoms with E-state index in [-0.39, 0.29) is 42.2 Å². The number of anilines is 1. The van der Waals surface area contributed by atoms with Gasteiger partial charge in [-0.2, -0.15) is 0 Å². The van der Waals surface area contributed by atoms with Gasteiger partial charge in [-0.1, -0.05) is 30.3 Å². The van der Waals surface area contributed by atoms with Crippen molar-refractivity contribution >= 4 is 29.7 Å². The third-order valence-electron chi connectivity index (χ3n) is 11.5. The molecule has 13 heteroatoms. The number of fused-ring (bicyclic) bond motifs is 1. The van der Waals surface area contributed by atoms with Crippen LogP contribution in [0, 0.1) is 13.8 Å². The number of phenolic OH excluding ortho intramolecular Hbond substituents is 1. The van der Waals surface area contributed by atoms with Crippen molar-refractivity contribution in [1.82, 2.24) is 24.5 Å². The van der Waals surface area contributed by atoms with Gasteiger partial charge in [-0.15, -0.1) is 0 Å². The fourth-order valence-corrected chi connectivity index (χ4v) is 8.44. The first-order valence-corrected chi connectivity index (χ1v) is 19.8. The van der Waals surface area contributed by atoms with Crippen LogP contribution in [0.3, 0.4) is 0 Å². The normalized spacial score (nSPS) is 19.9. The molecule has 54 heavy (non-hydrogen) atoms. The van der Waals surface area contributed by atoms with Gasteiger partial charge in [0.05, 0.1) is 12.5 Å². The highest BCUT2D eigenvalue weighted by atomic mass is 16.6. The summed E-state index contributed by atoms with van der Waals surface area (Å²) in [5.41, 5.74) is 4.20. The molecule has 0 aliphatic carbocycles. The van der Waals surface area contributed by atoms with Crippen LogP contribution in [0.2, 0.25) is 0 Å². The quantitative estimate of drug-likeness (QED) is 0.336. The number of carbonyl (C=O) groups excluding carboxylic acids is 4. The Kier molecular flexibility index (Phi) is 13.0. The number of benzene rings is 2. The Morgan fingerprint density at radius 2 is 1.48 bits per heavy atom. The number of phenols is 1. The van der Waals surface area contributed by atoms with Gasteiger partial charge in [-0.25, -0.2) is 9.59 Å². The first-order chi connectivity index (χ1) is 25.9. The number of hydrogen-bond acceptors (Lipinski definition) is 9. The molecule has 4 amide bonds. The van der Waals surface area contributed by atoms with Crippen LogP contribution < -0.4 is 5.32 Å². The molecular formula is C41H58N6O7. The van der Waals surface area contributed by atoms with Crippen molar-refractivity contribution in [2.45, 2.75) is 96.9 Å². The summed E-state index contributed by atoms with van der Waals surface area (Å²) in [5.74, 6) is -0.132. The summed E-state index contributed by atoms with van der Waals surface area (Å²) in [6.45, 7) is 14.0. The number of likely N-dealkylation sites (tertiary alicyclic amines) is 2. The number of piperidine rings is 2. The second-order valence-corrected chi connectivity index (χ2v) is 15.6. The number of amides is 4. The highest BCUT2D eigenvalue weighted by Crippen LogP contribution is 2.27. The second kappa shape index (κ2) is 17.9. The number of ether oxygens (including phenoxy) is 2. The molecule has 4 aliphatic heterocycles. The molecule has 0 unspecified atom stereocenters. The Balaban J connectivity index is 1.03. The van der Waals surface area contributed by atoms with E-state index in [1.807, 2.05) is 73.9 Å². The molecule has 4 aliphatic rings. The average Bonchev–Trinajstić information content (AvgIpc) is 3.33. The van der Waals surface area contributed by atoms with Gasteiger partial charge in [0.1, 0.15) is 5.75 Å². The number of aryl methyl sites for hydroxylation is 2. The van der Waals surface area contributed by atoms with Crippen LogP contribution >= 0.6 is 0 Å². The Hall–Kier alpha value is -4.36. The lowest BCUT2D eigenvalue weighted by molar-refractivity contribution is -0.148. The predicted octanol–water partition coefficient (Wildman–Crippen LogP) is 4.56. The largest absolute Gasteiger partial charge is 0.507 e. The minimum absolute atomic E-state index is 0.000729. The van der Waals surface area contributed by atoms with E-state index in [9.17, 15) is 24.3 Å². The molecule has 0 saturated carbocycles. The van der Waals surface area contributed by atoms with Gasteiger partial charge in [-0.05, 0) is 101 Å². The van der Waals surface area contributed by atoms with Crippen molar-refractivity contribution in [1.29, 1.82) is 0 Å². The fourth-order valence-electron chi connectivity index (χ4n) is 8.44. The van der Waals surface area contributed by atoms with Crippen molar-refractivity contribution in [2.75, 3.05) is 70.8 Å². The van der Waals surface area contributed by atoms with Crippen LogP contribution in [0.5, 0.6) is 5.75 Å². The molecule has 2 aromatic rings. The molecule has 2 aromatic carbocycles. The van der Waals surface area contributed by atoms with Crippen molar-refractivity contribution in [2.24, 2.45) is 0 Å². The molecule has 3 fully saturated rings. The van der Waals surface area contributed by atoms with Crippen LogP contribution in [-0.2, 0) is 31.9 Å². The fraction of sp³-hybridized carbons (Fsp3) is 0.610. The highest BCUT2D eigenvalue weighted by molar-refractivity contribution is 5.91. The van der Waals surface area contributed by atoms with E-state index in [2.05, 4.69) is 15.1 Å². The average molecular weight is 747 g/mol. The highest BCUT2D eigenvalue weighted by Gasteiger charge is 2.36. The molecule has 6 rings (SSSR count). The zero-order valence-electron chi connectivity index (χ0n) is 32.4. The van der Waals surface area contributed by atoms with Gasteiger partial charge in [0.2, 0.25) is 0 Å². The number of carbonyl (C=O) groups is 4. The molecule has 2 N–H and O–H groups in total. The molecular weight excluding hydrogens is 688 g/mol. The van der Waals surface area contributed by atoms with Crippen molar-refractivity contribution in [3.8, 4) is 5.75 Å². The SMILES string of the molecule is Cc1cc(C[C@@H](OC(=O)N2CCC(N3CCc4ccccc4NC3=O)CC2)C(=O)N2CCN(C3CCN(CCC(=O)OC(C)C)CC3)CC2)cc(C)c1O. The van der Waals surface area contributed by atoms with Crippen LogP contribution in [-0.4, -0.2) is 143 Å². The maximum atomic E-state index is 14.2. The van der Waals surface area contributed by atoms with E-state index < -0.39 is 12.2 Å². The standard InChI is InChI=1S/C41H58N6O7/c1-28(2)53-37(48)14-17-43-15-10-33(11-16-43)44-21-23-45(24-22-44)39(50)36(27-31-25-29(3)38(49)30(4)26-31)54-41(52)46-18-12-34(13-19-46)47-20-9-32-7-5-6-8-35(32)42-40(47)51/h5-8,25-26,28,33-34,36,49H,9-24,27H2,1-4H3,(H,42,51)/t36-/m1/s1. The third-order valence-corrected chi connectivity index (χ3v) is 11.5. The summed E-state index contributed by atoms with van der Waals surface area (Å²) in [7, 11) is 0. The van der Waals surface area contributed by atoms with Crippen LogP contribution in [0.25, 0.3) is 0 Å². The number of esters is 1. The van der Waals surface area contributed by atoms with E-state index in [1.54, 1.807) is 4.90 Å². The third kappa shape index (κ3) is 9.84. The number of para-hydroxylation sites is 1. The monoisotopic (exact) mass is 746 g/mol. The molecule has 294 valence electrons. The van der Waals surface area contributed by atoms with Gasteiger partial charge in [-0.3, -0.25) is 14.5 Å². The van der Waals surface area contributed by atoms with E-state index in [1.165, 1.54) is 0 Å². The van der Waals surface area contributed by atoms with Crippen molar-refractivity contribution in [3.63, 3.8) is 0 Å². The van der Waals surface area contributed by atoms with Crippen molar-refractivity contribution < 1.29 is 33.8 Å². The van der Waals surface area contributed by atoms with Gasteiger partial charge >= 0.3 is 18.1 Å². The maximum Gasteiger partial charge on any atom is 0.410 e. The molecule has 0 aromatic heterocycles. The summed E-state index contributed by atoms with van der Waals surface area (Å²) in [6.07, 6.45) is 3.04. The van der Waals surface area contributed by atoms with E-state index in [4.69, 9.17) is 9.47 Å². The number of urea groups is 1. The number of nitrogens with one attached hydrogen (secondary N) is 1. The van der Waals surface area contributed by atoms with Crippen LogP contribution in [0.1, 0.15) is 68.2 Å². The molecule has 13 nitrogen and oxygen atoms in total. The zero-order valence-corrected chi connectivity index (χ0v) is 32.4. The molecule has 0 bridgehead atoms. The zero-order chi connectivity index (χ0) is 38.4. The summed E-state index contributed by atoms with van der Waals surface area (Å²) in [4.78, 5) is 63.2. The van der Waals surface area contributed by atoms with Gasteiger partial charge in [0.15, 0.2) is 6.10 Å². The summed E-state index contributed by atoms with van der Waals surface area (Å²) >= 11 is 0. The molecule has 3 saturated heterocycles. The summed E-state index contributed by atoms with van der Waals surface area (Å²) in [5, 5.41) is 13.4. The minimum atomic E-state index is -1.01. The molecule has 0 radical (unpaired) electrons. The topological polar surface area (TPSA) is 135 Å². The lowest BCUT2D eigenvalue weighted by Gasteiger charge is -2.43. The van der Waals surface area contributed by atoms with Crippen LogP contribution in [0.15, 0.2) is 36.4 Å². The number of nitrogens with zero attached hydrogens (tertiary/aromatic N) is 5. The van der Waals surface area contributed by atoms with Crippen molar-refractivity contribution in [3.05, 3.63) is 58.7 Å². The van der Waals surface area contributed by atoms with Gasteiger partial charge in [0.25, 0.3) is 5.91 Å². The molecule has 0 spiro atoms. The number of rotatable bonds is 10. The van der Waals surface area contributed by atoms with E-state index in [0.717, 1.165) is 62.3 Å². The minimum Gasteiger partial charge on any atom is -0.507 e. The van der Waals surface area contributed by atoms with Crippen LogP contribution in [0.4, 0.5) is 15.3 Å². The smallest absolute Gasteiger partial charge is 0.410 e. The van der Waals surface area contributed by atoms with E-state index >= 15 is 0 Å². The summed E-state index contributed by atoms with van der Waals surface area (Å²) in [6, 6.07) is 11.9. The van der Waals surface area contributed by atoms with Gasteiger partial charge in [0, 0.05) is 76.5 Å². The Labute approximate surface area is 319 Å². The second-order valence-electron chi connectivity index (χ2n) is 15.6. The maximum absolute atomic E-state index is 14.2. The number of piperazine rings is 1. The number of aromatic hydroxyl groups is 1. The Morgan fingerprint density at radius 3 is 2.15 bits per heavy atom. The molecule has 1 atom stereocenters. The first-order valence-electron chi connectivity index (χ1n) is 19.8. The predicted molar refractivity (Wildman–Crippen MR) is 205 cm³/mol. The van der Waals surface area contributed by atoms with E-state index in [0.29, 0.717) is 75.7 Å².